The highest BCUT2D eigenvalue weighted by Gasteiger charge is 2.20. The SMILES string of the molecule is COCCN(CC(C)C)C(CN)c1ccc(F)c(Br)c1. The zero-order valence-electron chi connectivity index (χ0n) is 12.4. The van der Waals surface area contributed by atoms with Gasteiger partial charge in [0.1, 0.15) is 5.82 Å². The monoisotopic (exact) mass is 346 g/mol. The zero-order chi connectivity index (χ0) is 15.1. The standard InChI is InChI=1S/C15H24BrFN2O/c1-11(2)10-19(6-7-20-3)15(9-18)12-4-5-14(17)13(16)8-12/h4-5,8,11,15H,6-7,9-10,18H2,1-3H3. The Bertz CT molecular complexity index is 415. The van der Waals surface area contributed by atoms with E-state index in [1.54, 1.807) is 13.2 Å². The second-order valence-corrected chi connectivity index (χ2v) is 6.16. The fourth-order valence-electron chi connectivity index (χ4n) is 2.27. The first-order chi connectivity index (χ1) is 9.49. The second-order valence-electron chi connectivity index (χ2n) is 5.31. The molecule has 1 rings (SSSR count). The van der Waals surface area contributed by atoms with Gasteiger partial charge in [-0.05, 0) is 39.5 Å². The lowest BCUT2D eigenvalue weighted by Crippen LogP contribution is -2.38. The Balaban J connectivity index is 2.94. The Kier molecular flexibility index (Phi) is 7.66. The van der Waals surface area contributed by atoms with Crippen LogP contribution in [0.15, 0.2) is 22.7 Å². The molecule has 3 nitrogen and oxygen atoms in total. The van der Waals surface area contributed by atoms with Crippen LogP contribution in [0, 0.1) is 11.7 Å². The summed E-state index contributed by atoms with van der Waals surface area (Å²) in [4.78, 5) is 2.30. The van der Waals surface area contributed by atoms with Crippen LogP contribution in [0.1, 0.15) is 25.5 Å². The highest BCUT2D eigenvalue weighted by Crippen LogP contribution is 2.25. The molecule has 1 unspecified atom stereocenters. The van der Waals surface area contributed by atoms with Crippen molar-refractivity contribution in [3.05, 3.63) is 34.1 Å². The first-order valence-corrected chi connectivity index (χ1v) is 7.66. The Morgan fingerprint density at radius 3 is 2.60 bits per heavy atom. The number of halogens is 2. The van der Waals surface area contributed by atoms with Gasteiger partial charge in [0.05, 0.1) is 11.1 Å². The van der Waals surface area contributed by atoms with E-state index in [2.05, 4.69) is 34.7 Å². The van der Waals surface area contributed by atoms with Gasteiger partial charge in [-0.15, -0.1) is 0 Å². The maximum absolute atomic E-state index is 13.4. The van der Waals surface area contributed by atoms with Crippen molar-refractivity contribution in [1.29, 1.82) is 0 Å². The van der Waals surface area contributed by atoms with Crippen molar-refractivity contribution in [2.75, 3.05) is 33.4 Å². The van der Waals surface area contributed by atoms with Gasteiger partial charge in [0, 0.05) is 32.8 Å². The fraction of sp³-hybridized carbons (Fsp3) is 0.600. The third kappa shape index (κ3) is 5.13. The number of rotatable bonds is 8. The van der Waals surface area contributed by atoms with Crippen LogP contribution >= 0.6 is 15.9 Å². The molecule has 0 aliphatic carbocycles. The summed E-state index contributed by atoms with van der Waals surface area (Å²) < 4.78 is 19.0. The third-order valence-electron chi connectivity index (χ3n) is 3.17. The Morgan fingerprint density at radius 2 is 2.10 bits per heavy atom. The van der Waals surface area contributed by atoms with Crippen LogP contribution < -0.4 is 5.73 Å². The van der Waals surface area contributed by atoms with Gasteiger partial charge in [0.25, 0.3) is 0 Å². The minimum atomic E-state index is -0.253. The molecule has 0 amide bonds. The van der Waals surface area contributed by atoms with E-state index in [9.17, 15) is 4.39 Å². The molecule has 0 fully saturated rings. The molecule has 0 heterocycles. The van der Waals surface area contributed by atoms with E-state index in [4.69, 9.17) is 10.5 Å². The molecule has 114 valence electrons. The number of nitrogens with two attached hydrogens (primary N) is 1. The molecule has 1 aromatic carbocycles. The molecular weight excluding hydrogens is 323 g/mol. The maximum atomic E-state index is 13.4. The van der Waals surface area contributed by atoms with E-state index in [0.717, 1.165) is 18.7 Å². The van der Waals surface area contributed by atoms with E-state index in [1.807, 2.05) is 6.07 Å². The van der Waals surface area contributed by atoms with E-state index in [-0.39, 0.29) is 11.9 Å². The maximum Gasteiger partial charge on any atom is 0.137 e. The minimum Gasteiger partial charge on any atom is -0.383 e. The van der Waals surface area contributed by atoms with Gasteiger partial charge in [0.2, 0.25) is 0 Å². The molecule has 1 atom stereocenters. The van der Waals surface area contributed by atoms with Crippen molar-refractivity contribution in [2.45, 2.75) is 19.9 Å². The van der Waals surface area contributed by atoms with Crippen LogP contribution in [-0.4, -0.2) is 38.3 Å². The van der Waals surface area contributed by atoms with Gasteiger partial charge in [-0.2, -0.15) is 0 Å². The molecule has 0 aliphatic rings. The first-order valence-electron chi connectivity index (χ1n) is 6.87. The van der Waals surface area contributed by atoms with Gasteiger partial charge in [-0.25, -0.2) is 4.39 Å². The smallest absolute Gasteiger partial charge is 0.137 e. The highest BCUT2D eigenvalue weighted by molar-refractivity contribution is 9.10. The molecule has 0 bridgehead atoms. The van der Waals surface area contributed by atoms with Crippen molar-refractivity contribution >= 4 is 15.9 Å². The lowest BCUT2D eigenvalue weighted by Gasteiger charge is -2.32. The van der Waals surface area contributed by atoms with Gasteiger partial charge >= 0.3 is 0 Å². The van der Waals surface area contributed by atoms with E-state index in [1.165, 1.54) is 6.07 Å². The Morgan fingerprint density at radius 1 is 1.40 bits per heavy atom. The number of methoxy groups -OCH3 is 1. The molecule has 20 heavy (non-hydrogen) atoms. The van der Waals surface area contributed by atoms with Crippen LogP contribution in [0.4, 0.5) is 4.39 Å². The summed E-state index contributed by atoms with van der Waals surface area (Å²) in [5.41, 5.74) is 6.98. The van der Waals surface area contributed by atoms with Crippen molar-refractivity contribution in [3.63, 3.8) is 0 Å². The van der Waals surface area contributed by atoms with E-state index >= 15 is 0 Å². The van der Waals surface area contributed by atoms with Crippen molar-refractivity contribution in [1.82, 2.24) is 4.90 Å². The summed E-state index contributed by atoms with van der Waals surface area (Å²) >= 11 is 3.24. The lowest BCUT2D eigenvalue weighted by atomic mass is 10.0. The molecule has 0 radical (unpaired) electrons. The van der Waals surface area contributed by atoms with Crippen LogP contribution in [0.5, 0.6) is 0 Å². The largest absolute Gasteiger partial charge is 0.383 e. The molecule has 0 saturated heterocycles. The average molecular weight is 347 g/mol. The number of benzene rings is 1. The molecule has 5 heteroatoms. The van der Waals surface area contributed by atoms with Crippen LogP contribution in [0.2, 0.25) is 0 Å². The number of hydrogen-bond acceptors (Lipinski definition) is 3. The molecule has 0 aromatic heterocycles. The van der Waals surface area contributed by atoms with E-state index < -0.39 is 0 Å². The predicted molar refractivity (Wildman–Crippen MR) is 84.2 cm³/mol. The van der Waals surface area contributed by atoms with Crippen LogP contribution in [-0.2, 0) is 4.74 Å². The predicted octanol–water partition coefficient (Wildman–Crippen LogP) is 3.19. The van der Waals surface area contributed by atoms with Gasteiger partial charge in [0.15, 0.2) is 0 Å². The third-order valence-corrected chi connectivity index (χ3v) is 3.78. The normalized spacial score (nSPS) is 13.2. The van der Waals surface area contributed by atoms with E-state index in [0.29, 0.717) is 23.5 Å². The second kappa shape index (κ2) is 8.72. The first kappa shape index (κ1) is 17.6. The van der Waals surface area contributed by atoms with Crippen molar-refractivity contribution in [2.24, 2.45) is 11.7 Å². The molecular formula is C15H24BrFN2O. The van der Waals surface area contributed by atoms with Gasteiger partial charge in [-0.3, -0.25) is 4.90 Å². The summed E-state index contributed by atoms with van der Waals surface area (Å²) in [6.07, 6.45) is 0. The summed E-state index contributed by atoms with van der Waals surface area (Å²) in [5, 5.41) is 0. The fourth-order valence-corrected chi connectivity index (χ4v) is 2.66. The van der Waals surface area contributed by atoms with Crippen LogP contribution in [0.3, 0.4) is 0 Å². The molecule has 0 saturated carbocycles. The number of nitrogens with zero attached hydrogens (tertiary/aromatic N) is 1. The minimum absolute atomic E-state index is 0.0736. The average Bonchev–Trinajstić information content (AvgIpc) is 2.40. The van der Waals surface area contributed by atoms with Crippen molar-refractivity contribution in [3.8, 4) is 0 Å². The Labute approximate surface area is 129 Å². The van der Waals surface area contributed by atoms with Gasteiger partial charge < -0.3 is 10.5 Å². The van der Waals surface area contributed by atoms with Crippen LogP contribution in [0.25, 0.3) is 0 Å². The molecule has 0 aliphatic heterocycles. The Hall–Kier alpha value is -0.490. The van der Waals surface area contributed by atoms with Crippen molar-refractivity contribution < 1.29 is 9.13 Å². The zero-order valence-corrected chi connectivity index (χ0v) is 14.0. The summed E-state index contributed by atoms with van der Waals surface area (Å²) in [5.74, 6) is 0.279. The highest BCUT2D eigenvalue weighted by atomic mass is 79.9. The lowest BCUT2D eigenvalue weighted by molar-refractivity contribution is 0.112. The molecule has 1 aromatic rings. The quantitative estimate of drug-likeness (QED) is 0.785. The molecule has 2 N–H and O–H groups in total. The number of hydrogen-bond donors (Lipinski definition) is 1. The summed E-state index contributed by atoms with van der Waals surface area (Å²) in [6.45, 7) is 7.24. The summed E-state index contributed by atoms with van der Waals surface area (Å²) in [6, 6.07) is 5.17. The molecule has 0 spiro atoms. The summed E-state index contributed by atoms with van der Waals surface area (Å²) in [7, 11) is 1.69. The van der Waals surface area contributed by atoms with Gasteiger partial charge in [-0.1, -0.05) is 19.9 Å². The number of ether oxygens (including phenoxy) is 1. The topological polar surface area (TPSA) is 38.5 Å².